The molecule has 150 valence electrons. The molecule has 0 aliphatic rings. The van der Waals surface area contributed by atoms with E-state index in [-0.39, 0.29) is 5.91 Å². The van der Waals surface area contributed by atoms with Crippen LogP contribution >= 0.6 is 0 Å². The van der Waals surface area contributed by atoms with Crippen LogP contribution < -0.4 is 16.4 Å². The monoisotopic (exact) mass is 400 g/mol. The van der Waals surface area contributed by atoms with E-state index >= 15 is 0 Å². The number of nitrogens with one attached hydrogen (secondary N) is 2. The van der Waals surface area contributed by atoms with E-state index in [4.69, 9.17) is 0 Å². The first-order chi connectivity index (χ1) is 14.6. The predicted molar refractivity (Wildman–Crippen MR) is 114 cm³/mol. The maximum atomic E-state index is 13.1. The molecule has 0 spiro atoms. The molecule has 2 aromatic carbocycles. The molecule has 2 N–H and O–H groups in total. The molecular weight excluding hydrogens is 380 g/mol. The summed E-state index contributed by atoms with van der Waals surface area (Å²) in [6.45, 7) is 2.15. The van der Waals surface area contributed by atoms with Gasteiger partial charge in [0.1, 0.15) is 0 Å². The average molecular weight is 400 g/mol. The third kappa shape index (κ3) is 3.65. The van der Waals surface area contributed by atoms with Crippen LogP contribution in [0.1, 0.15) is 34.6 Å². The molecule has 0 saturated carbocycles. The van der Waals surface area contributed by atoms with E-state index in [1.807, 2.05) is 48.5 Å². The number of hydrogen-bond donors (Lipinski definition) is 2. The Kier molecular flexibility index (Phi) is 5.26. The summed E-state index contributed by atoms with van der Waals surface area (Å²) in [6.07, 6.45) is 1.68. The van der Waals surface area contributed by atoms with Crippen LogP contribution in [0.25, 0.3) is 11.0 Å². The Hall–Kier alpha value is -4.00. The van der Waals surface area contributed by atoms with Gasteiger partial charge in [-0.25, -0.2) is 0 Å². The highest BCUT2D eigenvalue weighted by Gasteiger charge is 2.19. The lowest BCUT2D eigenvalue weighted by atomic mass is 10.0. The Morgan fingerprint density at radius 1 is 1.07 bits per heavy atom. The topological polar surface area (TPSA) is 96.9 Å². The van der Waals surface area contributed by atoms with Gasteiger partial charge in [0.05, 0.1) is 22.8 Å². The van der Waals surface area contributed by atoms with Crippen molar-refractivity contribution < 1.29 is 4.79 Å². The molecule has 1 unspecified atom stereocenters. The second-order valence-electron chi connectivity index (χ2n) is 6.81. The molecule has 2 heterocycles. The SMILES string of the molecule is CCn1c(=O)c(=O)[nH]c2cc(C(=O)NC(c3ccccc3)c3ccccn3)ccc21. The van der Waals surface area contributed by atoms with E-state index < -0.39 is 17.2 Å². The number of aryl methyl sites for hydroxylation is 1. The Morgan fingerprint density at radius 2 is 1.83 bits per heavy atom. The van der Waals surface area contributed by atoms with E-state index in [0.717, 1.165) is 5.56 Å². The fraction of sp³-hybridized carbons (Fsp3) is 0.130. The fourth-order valence-corrected chi connectivity index (χ4v) is 3.47. The minimum atomic E-state index is -0.711. The third-order valence-electron chi connectivity index (χ3n) is 4.95. The molecule has 1 amide bonds. The molecule has 4 rings (SSSR count). The lowest BCUT2D eigenvalue weighted by Gasteiger charge is -2.19. The van der Waals surface area contributed by atoms with Crippen molar-refractivity contribution in [3.05, 3.63) is 110 Å². The number of H-pyrrole nitrogens is 1. The summed E-state index contributed by atoms with van der Waals surface area (Å²) in [4.78, 5) is 44.0. The number of fused-ring (bicyclic) bond motifs is 1. The van der Waals surface area contributed by atoms with Gasteiger partial charge in [0.15, 0.2) is 0 Å². The largest absolute Gasteiger partial charge is 0.340 e. The van der Waals surface area contributed by atoms with Crippen molar-refractivity contribution in [1.82, 2.24) is 19.9 Å². The fourth-order valence-electron chi connectivity index (χ4n) is 3.47. The lowest BCUT2D eigenvalue weighted by molar-refractivity contribution is 0.0942. The summed E-state index contributed by atoms with van der Waals surface area (Å²) >= 11 is 0. The zero-order valence-corrected chi connectivity index (χ0v) is 16.3. The van der Waals surface area contributed by atoms with Crippen LogP contribution in [0, 0.1) is 0 Å². The van der Waals surface area contributed by atoms with Crippen molar-refractivity contribution in [2.24, 2.45) is 0 Å². The third-order valence-corrected chi connectivity index (χ3v) is 4.95. The van der Waals surface area contributed by atoms with Crippen LogP contribution in [0.5, 0.6) is 0 Å². The molecule has 4 aromatic rings. The normalized spacial score (nSPS) is 11.9. The van der Waals surface area contributed by atoms with Crippen molar-refractivity contribution in [2.75, 3.05) is 0 Å². The van der Waals surface area contributed by atoms with Gasteiger partial charge in [-0.05, 0) is 42.8 Å². The highest BCUT2D eigenvalue weighted by atomic mass is 16.2. The molecule has 0 fully saturated rings. The molecular formula is C23H20N4O3. The zero-order valence-electron chi connectivity index (χ0n) is 16.3. The highest BCUT2D eigenvalue weighted by Crippen LogP contribution is 2.21. The van der Waals surface area contributed by atoms with Crippen molar-refractivity contribution in [3.63, 3.8) is 0 Å². The molecule has 0 bridgehead atoms. The molecule has 7 heteroatoms. The molecule has 30 heavy (non-hydrogen) atoms. The maximum absolute atomic E-state index is 13.1. The lowest BCUT2D eigenvalue weighted by Crippen LogP contribution is -2.36. The van der Waals surface area contributed by atoms with Crippen molar-refractivity contribution in [2.45, 2.75) is 19.5 Å². The van der Waals surface area contributed by atoms with E-state index in [0.29, 0.717) is 28.8 Å². The van der Waals surface area contributed by atoms with Gasteiger partial charge >= 0.3 is 11.1 Å². The zero-order chi connectivity index (χ0) is 21.1. The molecule has 2 aromatic heterocycles. The van der Waals surface area contributed by atoms with Crippen LogP contribution in [0.2, 0.25) is 0 Å². The molecule has 7 nitrogen and oxygen atoms in total. The highest BCUT2D eigenvalue weighted by molar-refractivity contribution is 5.97. The molecule has 1 atom stereocenters. The number of aromatic amines is 1. The van der Waals surface area contributed by atoms with Gasteiger partial charge in [-0.15, -0.1) is 0 Å². The van der Waals surface area contributed by atoms with E-state index in [2.05, 4.69) is 15.3 Å². The van der Waals surface area contributed by atoms with Crippen LogP contribution in [0.15, 0.2) is 82.5 Å². The minimum Gasteiger partial charge on any atom is -0.340 e. The van der Waals surface area contributed by atoms with E-state index in [1.54, 1.807) is 31.3 Å². The Morgan fingerprint density at radius 3 is 2.53 bits per heavy atom. The van der Waals surface area contributed by atoms with Crippen LogP contribution in [0.3, 0.4) is 0 Å². The number of carbonyl (C=O) groups is 1. The molecule has 0 aliphatic carbocycles. The molecule has 0 radical (unpaired) electrons. The van der Waals surface area contributed by atoms with Crippen molar-refractivity contribution in [3.8, 4) is 0 Å². The van der Waals surface area contributed by atoms with Crippen molar-refractivity contribution in [1.29, 1.82) is 0 Å². The number of hydrogen-bond acceptors (Lipinski definition) is 4. The number of amides is 1. The number of carbonyl (C=O) groups excluding carboxylic acids is 1. The predicted octanol–water partition coefficient (Wildman–Crippen LogP) is 2.62. The number of pyridine rings is 1. The van der Waals surface area contributed by atoms with Crippen LogP contribution in [-0.2, 0) is 6.54 Å². The minimum absolute atomic E-state index is 0.313. The maximum Gasteiger partial charge on any atom is 0.316 e. The van der Waals surface area contributed by atoms with Gasteiger partial charge in [-0.3, -0.25) is 19.4 Å². The summed E-state index contributed by atoms with van der Waals surface area (Å²) in [7, 11) is 0. The first kappa shape index (κ1) is 19.3. The van der Waals surface area contributed by atoms with E-state index in [9.17, 15) is 14.4 Å². The van der Waals surface area contributed by atoms with Crippen LogP contribution in [0.4, 0.5) is 0 Å². The Balaban J connectivity index is 1.72. The smallest absolute Gasteiger partial charge is 0.316 e. The summed E-state index contributed by atoms with van der Waals surface area (Å²) in [5.74, 6) is -0.313. The first-order valence-corrected chi connectivity index (χ1v) is 9.62. The molecule has 0 saturated heterocycles. The number of nitrogens with zero attached hydrogens (tertiary/aromatic N) is 2. The molecule has 0 aliphatic heterocycles. The average Bonchev–Trinajstić information content (AvgIpc) is 2.79. The standard InChI is InChI=1S/C23H20N4O3/c1-2-27-19-12-11-16(14-18(19)25-22(29)23(27)30)21(28)26-20(15-8-4-3-5-9-15)17-10-6-7-13-24-17/h3-14,20H,2H2,1H3,(H,25,29)(H,26,28). The quantitative estimate of drug-likeness (QED) is 0.503. The van der Waals surface area contributed by atoms with Gasteiger partial charge in [0.2, 0.25) is 0 Å². The number of rotatable bonds is 5. The summed E-state index contributed by atoms with van der Waals surface area (Å²) < 4.78 is 1.39. The van der Waals surface area contributed by atoms with Gasteiger partial charge in [0.25, 0.3) is 5.91 Å². The number of benzene rings is 2. The number of aromatic nitrogens is 3. The van der Waals surface area contributed by atoms with Gasteiger partial charge in [-0.1, -0.05) is 36.4 Å². The van der Waals surface area contributed by atoms with Gasteiger partial charge in [0, 0.05) is 18.3 Å². The summed E-state index contributed by atoms with van der Waals surface area (Å²) in [5, 5.41) is 3.02. The van der Waals surface area contributed by atoms with E-state index in [1.165, 1.54) is 4.57 Å². The van der Waals surface area contributed by atoms with Crippen molar-refractivity contribution >= 4 is 16.9 Å². The Bertz CT molecular complexity index is 1270. The second-order valence-corrected chi connectivity index (χ2v) is 6.81. The Labute approximate surface area is 172 Å². The summed E-state index contributed by atoms with van der Waals surface area (Å²) in [6, 6.07) is 19.6. The first-order valence-electron chi connectivity index (χ1n) is 9.62. The second kappa shape index (κ2) is 8.16. The van der Waals surface area contributed by atoms with Gasteiger partial charge in [-0.2, -0.15) is 0 Å². The summed E-state index contributed by atoms with van der Waals surface area (Å²) in [5.41, 5.74) is 1.67. The van der Waals surface area contributed by atoms with Gasteiger partial charge < -0.3 is 14.9 Å². The van der Waals surface area contributed by atoms with Crippen LogP contribution in [-0.4, -0.2) is 20.4 Å².